The molecule has 0 aromatic heterocycles. The lowest BCUT2D eigenvalue weighted by molar-refractivity contribution is -0.144. The SMILES string of the molecule is CCOC(=O)CC(O)CSc1cccc(F)c1. The van der Waals surface area contributed by atoms with Crippen molar-refractivity contribution in [2.24, 2.45) is 0 Å². The van der Waals surface area contributed by atoms with Gasteiger partial charge in [-0.15, -0.1) is 11.8 Å². The second-order valence-electron chi connectivity index (χ2n) is 3.43. The van der Waals surface area contributed by atoms with Crippen LogP contribution in [0.2, 0.25) is 0 Å². The van der Waals surface area contributed by atoms with Crippen molar-refractivity contribution in [1.82, 2.24) is 0 Å². The Kier molecular flexibility index (Phi) is 6.00. The van der Waals surface area contributed by atoms with Gasteiger partial charge in [0.2, 0.25) is 0 Å². The van der Waals surface area contributed by atoms with Crippen molar-refractivity contribution >= 4 is 17.7 Å². The molecule has 94 valence electrons. The highest BCUT2D eigenvalue weighted by atomic mass is 32.2. The summed E-state index contributed by atoms with van der Waals surface area (Å²) in [5.41, 5.74) is 0. The van der Waals surface area contributed by atoms with Gasteiger partial charge in [-0.3, -0.25) is 4.79 Å². The molecule has 0 amide bonds. The first kappa shape index (κ1) is 14.0. The number of halogens is 1. The van der Waals surface area contributed by atoms with Gasteiger partial charge < -0.3 is 9.84 Å². The van der Waals surface area contributed by atoms with Crippen LogP contribution in [0.25, 0.3) is 0 Å². The highest BCUT2D eigenvalue weighted by Gasteiger charge is 2.12. The quantitative estimate of drug-likeness (QED) is 0.628. The molecule has 0 aliphatic heterocycles. The molecule has 0 heterocycles. The van der Waals surface area contributed by atoms with E-state index in [1.54, 1.807) is 19.1 Å². The molecule has 1 rings (SSSR count). The number of hydrogen-bond donors (Lipinski definition) is 1. The van der Waals surface area contributed by atoms with Crippen LogP contribution in [0.4, 0.5) is 4.39 Å². The topological polar surface area (TPSA) is 46.5 Å². The van der Waals surface area contributed by atoms with E-state index in [1.165, 1.54) is 23.9 Å². The minimum absolute atomic E-state index is 0.0316. The summed E-state index contributed by atoms with van der Waals surface area (Å²) >= 11 is 1.30. The lowest BCUT2D eigenvalue weighted by atomic mass is 10.3. The molecule has 0 fully saturated rings. The van der Waals surface area contributed by atoms with Gasteiger partial charge in [-0.1, -0.05) is 6.07 Å². The standard InChI is InChI=1S/C12H15FO3S/c1-2-16-12(15)7-10(14)8-17-11-5-3-4-9(13)6-11/h3-6,10,14H,2,7-8H2,1H3. The van der Waals surface area contributed by atoms with Crippen LogP contribution in [0.5, 0.6) is 0 Å². The lowest BCUT2D eigenvalue weighted by Crippen LogP contribution is -2.17. The minimum atomic E-state index is -0.776. The number of hydrogen-bond acceptors (Lipinski definition) is 4. The smallest absolute Gasteiger partial charge is 0.308 e. The summed E-state index contributed by atoms with van der Waals surface area (Å²) in [7, 11) is 0. The summed E-state index contributed by atoms with van der Waals surface area (Å²) in [6, 6.07) is 6.11. The number of aliphatic hydroxyl groups excluding tert-OH is 1. The van der Waals surface area contributed by atoms with E-state index < -0.39 is 12.1 Å². The third-order valence-corrected chi connectivity index (χ3v) is 3.08. The maximum absolute atomic E-state index is 12.9. The summed E-state index contributed by atoms with van der Waals surface area (Å²) in [6.07, 6.45) is -0.807. The fourth-order valence-corrected chi connectivity index (χ4v) is 2.09. The first-order valence-electron chi connectivity index (χ1n) is 5.34. The number of thioether (sulfide) groups is 1. The van der Waals surface area contributed by atoms with Crippen LogP contribution in [0.15, 0.2) is 29.2 Å². The lowest BCUT2D eigenvalue weighted by Gasteiger charge is -2.09. The zero-order valence-corrected chi connectivity index (χ0v) is 10.4. The summed E-state index contributed by atoms with van der Waals surface area (Å²) in [5.74, 6) is -0.392. The second kappa shape index (κ2) is 7.29. The molecule has 17 heavy (non-hydrogen) atoms. The zero-order chi connectivity index (χ0) is 12.7. The van der Waals surface area contributed by atoms with Gasteiger partial charge in [0.25, 0.3) is 0 Å². The molecule has 5 heteroatoms. The Morgan fingerprint density at radius 3 is 3.00 bits per heavy atom. The van der Waals surface area contributed by atoms with Crippen LogP contribution in [0, 0.1) is 5.82 Å². The fraction of sp³-hybridized carbons (Fsp3) is 0.417. The van der Waals surface area contributed by atoms with E-state index in [9.17, 15) is 14.3 Å². The van der Waals surface area contributed by atoms with Gasteiger partial charge in [0.1, 0.15) is 5.82 Å². The van der Waals surface area contributed by atoms with Crippen molar-refractivity contribution < 1.29 is 19.0 Å². The Labute approximate surface area is 104 Å². The number of carbonyl (C=O) groups is 1. The average molecular weight is 258 g/mol. The molecule has 0 spiro atoms. The van der Waals surface area contributed by atoms with Crippen LogP contribution in [-0.4, -0.2) is 29.5 Å². The molecule has 0 radical (unpaired) electrons. The van der Waals surface area contributed by atoms with Crippen molar-refractivity contribution in [3.05, 3.63) is 30.1 Å². The van der Waals surface area contributed by atoms with Crippen LogP contribution in [-0.2, 0) is 9.53 Å². The number of esters is 1. The zero-order valence-electron chi connectivity index (χ0n) is 9.56. The van der Waals surface area contributed by atoms with Crippen LogP contribution in [0.1, 0.15) is 13.3 Å². The Hall–Kier alpha value is -1.07. The number of carbonyl (C=O) groups excluding carboxylic acids is 1. The molecule has 1 unspecified atom stereocenters. The molecule has 0 aliphatic carbocycles. The van der Waals surface area contributed by atoms with Crippen LogP contribution >= 0.6 is 11.8 Å². The van der Waals surface area contributed by atoms with Crippen molar-refractivity contribution in [3.63, 3.8) is 0 Å². The van der Waals surface area contributed by atoms with E-state index in [1.807, 2.05) is 0 Å². The summed E-state index contributed by atoms with van der Waals surface area (Å²) in [5, 5.41) is 9.56. The maximum Gasteiger partial charge on any atom is 0.308 e. The van der Waals surface area contributed by atoms with Crippen molar-refractivity contribution in [2.75, 3.05) is 12.4 Å². The molecule has 3 nitrogen and oxygen atoms in total. The van der Waals surface area contributed by atoms with Gasteiger partial charge in [0.05, 0.1) is 19.1 Å². The minimum Gasteiger partial charge on any atom is -0.466 e. The Bertz CT molecular complexity index is 371. The van der Waals surface area contributed by atoms with Gasteiger partial charge in [-0.25, -0.2) is 4.39 Å². The third kappa shape index (κ3) is 5.70. The number of benzene rings is 1. The van der Waals surface area contributed by atoms with Crippen molar-refractivity contribution in [2.45, 2.75) is 24.3 Å². The molecule has 0 aliphatic rings. The Morgan fingerprint density at radius 2 is 2.35 bits per heavy atom. The van der Waals surface area contributed by atoms with Gasteiger partial charge >= 0.3 is 5.97 Å². The van der Waals surface area contributed by atoms with Gasteiger partial charge in [0, 0.05) is 10.6 Å². The van der Waals surface area contributed by atoms with E-state index in [0.29, 0.717) is 12.4 Å². The predicted octanol–water partition coefficient (Wildman–Crippen LogP) is 2.23. The highest BCUT2D eigenvalue weighted by molar-refractivity contribution is 7.99. The van der Waals surface area contributed by atoms with E-state index in [0.717, 1.165) is 4.90 Å². The number of ether oxygens (including phenoxy) is 1. The summed E-state index contributed by atoms with van der Waals surface area (Å²) in [6.45, 7) is 2.02. The fourth-order valence-electron chi connectivity index (χ4n) is 1.22. The Balaban J connectivity index is 2.33. The normalized spacial score (nSPS) is 12.2. The van der Waals surface area contributed by atoms with Crippen LogP contribution in [0.3, 0.4) is 0 Å². The first-order valence-corrected chi connectivity index (χ1v) is 6.32. The predicted molar refractivity (Wildman–Crippen MR) is 64.4 cm³/mol. The molecule has 0 saturated heterocycles. The van der Waals surface area contributed by atoms with E-state index in [2.05, 4.69) is 0 Å². The summed E-state index contributed by atoms with van der Waals surface area (Å²) in [4.78, 5) is 11.8. The van der Waals surface area contributed by atoms with Crippen LogP contribution < -0.4 is 0 Å². The van der Waals surface area contributed by atoms with Gasteiger partial charge in [-0.2, -0.15) is 0 Å². The van der Waals surface area contributed by atoms with Crippen molar-refractivity contribution in [1.29, 1.82) is 0 Å². The molecule has 0 bridgehead atoms. The molecule has 1 aromatic rings. The second-order valence-corrected chi connectivity index (χ2v) is 4.52. The van der Waals surface area contributed by atoms with E-state index >= 15 is 0 Å². The largest absolute Gasteiger partial charge is 0.466 e. The van der Waals surface area contributed by atoms with Crippen molar-refractivity contribution in [3.8, 4) is 0 Å². The van der Waals surface area contributed by atoms with Gasteiger partial charge in [-0.05, 0) is 25.1 Å². The molecule has 1 N–H and O–H groups in total. The maximum atomic E-state index is 12.9. The molecule has 0 saturated carbocycles. The number of rotatable bonds is 6. The van der Waals surface area contributed by atoms with Gasteiger partial charge in [0.15, 0.2) is 0 Å². The first-order chi connectivity index (χ1) is 8.11. The molecular formula is C12H15FO3S. The number of aliphatic hydroxyl groups is 1. The molecular weight excluding hydrogens is 243 g/mol. The van der Waals surface area contributed by atoms with E-state index in [4.69, 9.17) is 4.74 Å². The molecule has 1 aromatic carbocycles. The average Bonchev–Trinajstić information content (AvgIpc) is 2.27. The monoisotopic (exact) mass is 258 g/mol. The third-order valence-electron chi connectivity index (χ3n) is 1.95. The highest BCUT2D eigenvalue weighted by Crippen LogP contribution is 2.20. The molecule has 1 atom stereocenters. The Morgan fingerprint density at radius 1 is 1.59 bits per heavy atom. The summed E-state index contributed by atoms with van der Waals surface area (Å²) < 4.78 is 17.6. The van der Waals surface area contributed by atoms with E-state index in [-0.39, 0.29) is 12.2 Å².